The van der Waals surface area contributed by atoms with Crippen LogP contribution >= 0.6 is 0 Å². The Hall–Kier alpha value is -4.20. The molecule has 8 atom stereocenters. The Morgan fingerprint density at radius 2 is 0.515 bits per heavy atom. The molecule has 0 saturated carbocycles. The Bertz CT molecular complexity index is 2190. The monoisotopic (exact) mass is 1040 g/mol. The minimum atomic E-state index is -3.68. The first kappa shape index (κ1) is 61.8. The van der Waals surface area contributed by atoms with Gasteiger partial charge in [-0.25, -0.2) is 54.2 Å². The molecule has 0 aliphatic heterocycles. The van der Waals surface area contributed by atoms with Crippen LogP contribution in [0.3, 0.4) is 0 Å². The van der Waals surface area contributed by atoms with Gasteiger partial charge in [0.15, 0.2) is 0 Å². The molecule has 0 spiro atoms. The molecule has 28 heteroatoms. The second kappa shape index (κ2) is 28.5. The average Bonchev–Trinajstić information content (AvgIpc) is 3.26. The highest BCUT2D eigenvalue weighted by molar-refractivity contribution is 7.90. The Morgan fingerprint density at radius 1 is 0.353 bits per heavy atom. The van der Waals surface area contributed by atoms with E-state index >= 15 is 0 Å². The molecule has 0 bridgehead atoms. The maximum atomic E-state index is 11.3. The Kier molecular flexibility index (Phi) is 25.9. The van der Waals surface area contributed by atoms with Gasteiger partial charge in [0.1, 0.15) is 45.4 Å². The number of ether oxygens (including phenoxy) is 4. The van der Waals surface area contributed by atoms with Crippen LogP contribution < -0.4 is 20.6 Å². The summed E-state index contributed by atoms with van der Waals surface area (Å²) in [7, 11) is -14.7. The third kappa shape index (κ3) is 21.2. The van der Waals surface area contributed by atoms with Crippen LogP contribution in [0.5, 0.6) is 0 Å². The van der Waals surface area contributed by atoms with E-state index in [1.54, 1.807) is 80.2 Å². The Morgan fingerprint density at radius 3 is 0.618 bits per heavy atom. The van der Waals surface area contributed by atoms with E-state index in [4.69, 9.17) is 39.5 Å². The summed E-state index contributed by atoms with van der Waals surface area (Å²) < 4.78 is 112. The Balaban J connectivity index is 0.000000453. The van der Waals surface area contributed by atoms with Crippen LogP contribution in [-0.4, -0.2) is 121 Å². The summed E-state index contributed by atoms with van der Waals surface area (Å²) in [4.78, 5) is 32.8. The smallest absolute Gasteiger partial charge is 0.214 e. The van der Waals surface area contributed by atoms with Crippen LogP contribution in [-0.2, 0) is 59.0 Å². The number of hydrogen-bond acceptors (Lipinski definition) is 20. The minimum Gasteiger partial charge on any atom is -0.371 e. The van der Waals surface area contributed by atoms with Gasteiger partial charge in [-0.15, -0.1) is 0 Å². The molecule has 384 valence electrons. The summed E-state index contributed by atoms with van der Waals surface area (Å²) in [6.45, 7) is 21.8. The molecule has 4 rings (SSSR count). The van der Waals surface area contributed by atoms with E-state index in [0.29, 0.717) is 49.2 Å². The molecule has 0 aromatic carbocycles. The molecular weight excluding hydrogens is 969 g/mol. The van der Waals surface area contributed by atoms with Gasteiger partial charge >= 0.3 is 0 Å². The highest BCUT2D eigenvalue weighted by Gasteiger charge is 2.33. The molecule has 0 unspecified atom stereocenters. The average molecular weight is 1040 g/mol. The van der Waals surface area contributed by atoms with Crippen molar-refractivity contribution in [1.82, 2.24) is 39.9 Å². The summed E-state index contributed by atoms with van der Waals surface area (Å²) >= 11 is 0. The predicted molar refractivity (Wildman–Crippen MR) is 255 cm³/mol. The molecule has 4 heterocycles. The number of aryl methyl sites for hydroxylation is 4. The fraction of sp³-hybridized carbons (Fsp3) is 0.600. The van der Waals surface area contributed by atoms with Crippen LogP contribution in [0.4, 0.5) is 0 Å². The van der Waals surface area contributed by atoms with Gasteiger partial charge in [0.2, 0.25) is 40.1 Å². The topological polar surface area (TPSA) is 381 Å². The quantitative estimate of drug-likeness (QED) is 0.0985. The van der Waals surface area contributed by atoms with Gasteiger partial charge in [-0.1, -0.05) is 0 Å². The van der Waals surface area contributed by atoms with Crippen molar-refractivity contribution in [3.8, 4) is 0 Å². The van der Waals surface area contributed by atoms with Gasteiger partial charge < -0.3 is 18.9 Å². The van der Waals surface area contributed by atoms with E-state index < -0.39 is 85.5 Å². The van der Waals surface area contributed by atoms with Crippen LogP contribution in [0, 0.1) is 27.7 Å². The maximum absolute atomic E-state index is 11.3. The van der Waals surface area contributed by atoms with Crippen LogP contribution in [0.1, 0.15) is 125 Å². The van der Waals surface area contributed by atoms with Crippen molar-refractivity contribution >= 4 is 40.1 Å². The van der Waals surface area contributed by atoms with Crippen LogP contribution in [0.25, 0.3) is 0 Å². The van der Waals surface area contributed by atoms with E-state index in [0.717, 1.165) is 22.8 Å². The summed E-state index contributed by atoms with van der Waals surface area (Å²) in [5.74, 6) is 0. The number of nitrogens with zero attached hydrogens (tertiary/aromatic N) is 8. The summed E-state index contributed by atoms with van der Waals surface area (Å²) in [5.41, 5.74) is 4.91. The number of hydrogen-bond donors (Lipinski definition) is 4. The molecule has 4 aromatic rings. The van der Waals surface area contributed by atoms with E-state index in [1.807, 2.05) is 0 Å². The second-order valence-corrected chi connectivity index (χ2v) is 22.7. The van der Waals surface area contributed by atoms with Gasteiger partial charge in [0, 0.05) is 51.2 Å². The van der Waals surface area contributed by atoms with Gasteiger partial charge in [0.05, 0.1) is 70.3 Å². The lowest BCUT2D eigenvalue weighted by Crippen LogP contribution is -2.33. The van der Waals surface area contributed by atoms with E-state index in [-0.39, 0.29) is 0 Å². The molecule has 8 N–H and O–H groups in total. The fourth-order valence-electron chi connectivity index (χ4n) is 5.45. The Labute approximate surface area is 401 Å². The number of rotatable bonds is 20. The van der Waals surface area contributed by atoms with E-state index in [9.17, 15) is 33.7 Å². The number of aromatic nitrogens is 8. The number of nitrogens with two attached hydrogens (primary N) is 4. The summed E-state index contributed by atoms with van der Waals surface area (Å²) in [6.07, 6.45) is 9.55. The van der Waals surface area contributed by atoms with Crippen molar-refractivity contribution < 1.29 is 52.6 Å². The van der Waals surface area contributed by atoms with Gasteiger partial charge in [-0.3, -0.25) is 39.9 Å². The minimum absolute atomic E-state index is 0.375. The fourth-order valence-corrected chi connectivity index (χ4v) is 7.70. The van der Waals surface area contributed by atoms with Gasteiger partial charge in [0.25, 0.3) is 0 Å². The van der Waals surface area contributed by atoms with Crippen molar-refractivity contribution in [3.63, 3.8) is 0 Å². The standard InChI is InChI=1S/4C10H17N3O3S/c4*1-4-16-10(8(3)17(11,14)15)9-6-12-7(2)5-13-9/h4*5-6,8,10H,4H2,1-3H3,(H2,11,14,15)/t2*8-,10+;2*8-,10-/m1010/s1. The summed E-state index contributed by atoms with van der Waals surface area (Å²) in [6, 6.07) is 0. The zero-order valence-electron chi connectivity index (χ0n) is 40.5. The summed E-state index contributed by atoms with van der Waals surface area (Å²) in [5, 5.41) is 17.0. The molecule has 68 heavy (non-hydrogen) atoms. The molecular formula is C40H68N12O12S4. The van der Waals surface area contributed by atoms with Crippen LogP contribution in [0.2, 0.25) is 0 Å². The van der Waals surface area contributed by atoms with E-state index in [1.165, 1.54) is 52.5 Å². The zero-order chi connectivity index (χ0) is 52.2. The first-order chi connectivity index (χ1) is 31.4. The molecule has 0 aliphatic rings. The largest absolute Gasteiger partial charge is 0.371 e. The normalized spacial score (nSPS) is 15.5. The van der Waals surface area contributed by atoms with Crippen molar-refractivity contribution in [2.24, 2.45) is 20.6 Å². The van der Waals surface area contributed by atoms with E-state index in [2.05, 4.69) is 39.9 Å². The van der Waals surface area contributed by atoms with Crippen molar-refractivity contribution in [1.29, 1.82) is 0 Å². The lowest BCUT2D eigenvalue weighted by atomic mass is 10.2. The second-order valence-electron chi connectivity index (χ2n) is 15.0. The SMILES string of the molecule is CCO[C@@H](c1cnc(C)cn1)[C@@H](C)S(N)(=O)=O.CCO[C@@H](c1cnc(C)cn1)[C@H](C)S(N)(=O)=O.CCO[C@H](c1cnc(C)cn1)[C@@H](C)S(N)(=O)=O.CCO[C@H](c1cnc(C)cn1)[C@H](C)S(N)(=O)=O. The maximum Gasteiger partial charge on any atom is 0.214 e. The van der Waals surface area contributed by atoms with Gasteiger partial charge in [-0.2, -0.15) is 0 Å². The third-order valence-corrected chi connectivity index (χ3v) is 14.7. The van der Waals surface area contributed by atoms with Crippen molar-refractivity contribution in [2.75, 3.05) is 26.4 Å². The molecule has 0 saturated heterocycles. The first-order valence-electron chi connectivity index (χ1n) is 21.1. The van der Waals surface area contributed by atoms with Crippen molar-refractivity contribution in [3.05, 3.63) is 95.1 Å². The predicted octanol–water partition coefficient (Wildman–Crippen LogP) is 2.16. The zero-order valence-corrected chi connectivity index (χ0v) is 43.8. The first-order valence-corrected chi connectivity index (χ1v) is 27.5. The molecule has 4 aromatic heterocycles. The third-order valence-electron chi connectivity index (χ3n) is 9.53. The number of sulfonamides is 4. The lowest BCUT2D eigenvalue weighted by molar-refractivity contribution is 0.0585. The highest BCUT2D eigenvalue weighted by Crippen LogP contribution is 2.26. The van der Waals surface area contributed by atoms with Crippen molar-refractivity contribution in [2.45, 2.75) is 129 Å². The number of primary sulfonamides is 4. The van der Waals surface area contributed by atoms with Gasteiger partial charge in [-0.05, 0) is 83.1 Å². The highest BCUT2D eigenvalue weighted by atomic mass is 32.2. The molecule has 0 amide bonds. The molecule has 0 radical (unpaired) electrons. The van der Waals surface area contributed by atoms with Crippen LogP contribution in [0.15, 0.2) is 49.6 Å². The molecule has 24 nitrogen and oxygen atoms in total. The molecule has 0 aliphatic carbocycles. The lowest BCUT2D eigenvalue weighted by Gasteiger charge is -2.21. The molecule has 0 fully saturated rings.